The van der Waals surface area contributed by atoms with Gasteiger partial charge in [0.15, 0.2) is 0 Å². The van der Waals surface area contributed by atoms with Crippen LogP contribution in [-0.4, -0.2) is 29.0 Å². The number of nitro groups is 1. The molecular formula is C12H19N3O2S. The second-order valence-corrected chi connectivity index (χ2v) is 5.91. The van der Waals surface area contributed by atoms with Gasteiger partial charge in [-0.05, 0) is 44.3 Å². The zero-order valence-electron chi connectivity index (χ0n) is 10.5. The topological polar surface area (TPSA) is 72.4 Å². The Hall–Kier alpha value is -0.980. The molecule has 0 aromatic carbocycles. The molecule has 1 atom stereocenters. The Kier molecular flexibility index (Phi) is 4.31. The lowest BCUT2D eigenvalue weighted by atomic mass is 9.91. The van der Waals surface area contributed by atoms with Crippen LogP contribution >= 0.6 is 11.3 Å². The minimum absolute atomic E-state index is 0.232. The van der Waals surface area contributed by atoms with Gasteiger partial charge in [0, 0.05) is 24.0 Å². The summed E-state index contributed by atoms with van der Waals surface area (Å²) < 4.78 is 0. The molecule has 1 fully saturated rings. The smallest absolute Gasteiger partial charge is 0.324 e. The maximum Gasteiger partial charge on any atom is 0.324 e. The third-order valence-electron chi connectivity index (χ3n) is 3.60. The Bertz CT molecular complexity index is 411. The standard InChI is InChI=1S/C12H19N3O2S/c1-9(13)11-2-4-14(5-3-11)7-10-6-12(15(16)17)18-8-10/h6,8-9,11H,2-5,7,13H2,1H3. The van der Waals surface area contributed by atoms with Crippen LogP contribution in [0.3, 0.4) is 0 Å². The van der Waals surface area contributed by atoms with E-state index in [0.717, 1.165) is 38.0 Å². The second-order valence-electron chi connectivity index (χ2n) is 5.02. The minimum atomic E-state index is -0.323. The predicted octanol–water partition coefficient (Wildman–Crippen LogP) is 2.22. The van der Waals surface area contributed by atoms with Crippen molar-refractivity contribution in [1.82, 2.24) is 4.90 Å². The summed E-state index contributed by atoms with van der Waals surface area (Å²) in [5.41, 5.74) is 6.96. The number of nitrogens with zero attached hydrogens (tertiary/aromatic N) is 2. The van der Waals surface area contributed by atoms with E-state index in [0.29, 0.717) is 5.92 Å². The van der Waals surface area contributed by atoms with Crippen LogP contribution in [0.15, 0.2) is 11.4 Å². The highest BCUT2D eigenvalue weighted by molar-refractivity contribution is 7.13. The van der Waals surface area contributed by atoms with Gasteiger partial charge in [0.05, 0.1) is 4.92 Å². The number of hydrogen-bond donors (Lipinski definition) is 1. The van der Waals surface area contributed by atoms with Crippen molar-refractivity contribution in [2.24, 2.45) is 11.7 Å². The minimum Gasteiger partial charge on any atom is -0.328 e. The van der Waals surface area contributed by atoms with E-state index in [1.54, 1.807) is 6.07 Å². The Labute approximate surface area is 111 Å². The summed E-state index contributed by atoms with van der Waals surface area (Å²) in [6.07, 6.45) is 2.26. The largest absolute Gasteiger partial charge is 0.328 e. The van der Waals surface area contributed by atoms with Crippen LogP contribution in [0.2, 0.25) is 0 Å². The summed E-state index contributed by atoms with van der Waals surface area (Å²) >= 11 is 1.21. The van der Waals surface area contributed by atoms with Gasteiger partial charge in [0.25, 0.3) is 0 Å². The van der Waals surface area contributed by atoms with Gasteiger partial charge in [-0.15, -0.1) is 0 Å². The van der Waals surface area contributed by atoms with E-state index in [2.05, 4.69) is 11.8 Å². The summed E-state index contributed by atoms with van der Waals surface area (Å²) in [7, 11) is 0. The van der Waals surface area contributed by atoms with Crippen LogP contribution < -0.4 is 5.73 Å². The summed E-state index contributed by atoms with van der Waals surface area (Å²) in [5.74, 6) is 0.623. The van der Waals surface area contributed by atoms with Crippen molar-refractivity contribution in [1.29, 1.82) is 0 Å². The Balaban J connectivity index is 1.85. The fourth-order valence-corrected chi connectivity index (χ4v) is 3.16. The molecule has 1 unspecified atom stereocenters. The van der Waals surface area contributed by atoms with Crippen molar-refractivity contribution >= 4 is 16.3 Å². The maximum absolute atomic E-state index is 10.6. The predicted molar refractivity (Wildman–Crippen MR) is 72.6 cm³/mol. The average Bonchev–Trinajstić information content (AvgIpc) is 2.78. The van der Waals surface area contributed by atoms with Crippen LogP contribution in [0, 0.1) is 16.0 Å². The summed E-state index contributed by atoms with van der Waals surface area (Å²) in [6.45, 7) is 4.96. The fraction of sp³-hybridized carbons (Fsp3) is 0.667. The highest BCUT2D eigenvalue weighted by Gasteiger charge is 2.22. The second kappa shape index (κ2) is 5.77. The highest BCUT2D eigenvalue weighted by atomic mass is 32.1. The van der Waals surface area contributed by atoms with Gasteiger partial charge in [0.2, 0.25) is 0 Å². The van der Waals surface area contributed by atoms with Crippen molar-refractivity contribution < 1.29 is 4.92 Å². The maximum atomic E-state index is 10.6. The normalized spacial score (nSPS) is 19.9. The van der Waals surface area contributed by atoms with Crippen molar-refractivity contribution in [3.8, 4) is 0 Å². The molecule has 0 aliphatic carbocycles. The molecule has 18 heavy (non-hydrogen) atoms. The number of likely N-dealkylation sites (tertiary alicyclic amines) is 1. The molecule has 0 saturated carbocycles. The first kappa shape index (κ1) is 13.5. The summed E-state index contributed by atoms with van der Waals surface area (Å²) in [5, 5.41) is 12.7. The highest BCUT2D eigenvalue weighted by Crippen LogP contribution is 2.26. The van der Waals surface area contributed by atoms with Gasteiger partial charge in [-0.3, -0.25) is 15.0 Å². The molecule has 2 rings (SSSR count). The quantitative estimate of drug-likeness (QED) is 0.672. The lowest BCUT2D eigenvalue weighted by Crippen LogP contribution is -2.39. The Morgan fingerprint density at radius 1 is 1.61 bits per heavy atom. The first-order valence-electron chi connectivity index (χ1n) is 6.26. The molecule has 5 nitrogen and oxygen atoms in total. The zero-order valence-corrected chi connectivity index (χ0v) is 11.4. The van der Waals surface area contributed by atoms with E-state index in [1.165, 1.54) is 11.3 Å². The van der Waals surface area contributed by atoms with Gasteiger partial charge in [0.1, 0.15) is 0 Å². The Morgan fingerprint density at radius 2 is 2.28 bits per heavy atom. The molecule has 2 heterocycles. The molecule has 0 spiro atoms. The van der Waals surface area contributed by atoms with Crippen molar-refractivity contribution in [2.75, 3.05) is 13.1 Å². The SMILES string of the molecule is CC(N)C1CCN(Cc2csc([N+](=O)[O-])c2)CC1. The first-order chi connectivity index (χ1) is 8.56. The zero-order chi connectivity index (χ0) is 13.1. The van der Waals surface area contributed by atoms with Crippen LogP contribution in [0.25, 0.3) is 0 Å². The molecule has 1 aromatic rings. The molecule has 0 bridgehead atoms. The molecular weight excluding hydrogens is 250 g/mol. The molecule has 100 valence electrons. The molecule has 6 heteroatoms. The third-order valence-corrected chi connectivity index (χ3v) is 4.53. The van der Waals surface area contributed by atoms with Crippen LogP contribution in [0.1, 0.15) is 25.3 Å². The van der Waals surface area contributed by atoms with E-state index in [1.807, 2.05) is 5.38 Å². The van der Waals surface area contributed by atoms with Crippen LogP contribution in [-0.2, 0) is 6.54 Å². The van der Waals surface area contributed by atoms with Gasteiger partial charge in [-0.1, -0.05) is 11.3 Å². The van der Waals surface area contributed by atoms with Crippen molar-refractivity contribution in [2.45, 2.75) is 32.4 Å². The van der Waals surface area contributed by atoms with E-state index in [9.17, 15) is 10.1 Å². The lowest BCUT2D eigenvalue weighted by Gasteiger charge is -2.33. The van der Waals surface area contributed by atoms with E-state index < -0.39 is 0 Å². The number of thiophene rings is 1. The van der Waals surface area contributed by atoms with Crippen molar-refractivity contribution in [3.05, 3.63) is 27.1 Å². The number of nitrogens with two attached hydrogens (primary N) is 1. The summed E-state index contributed by atoms with van der Waals surface area (Å²) in [6, 6.07) is 1.96. The lowest BCUT2D eigenvalue weighted by molar-refractivity contribution is -0.380. The first-order valence-corrected chi connectivity index (χ1v) is 7.14. The summed E-state index contributed by atoms with van der Waals surface area (Å²) in [4.78, 5) is 12.6. The average molecular weight is 269 g/mol. The van der Waals surface area contributed by atoms with Crippen LogP contribution in [0.4, 0.5) is 5.00 Å². The monoisotopic (exact) mass is 269 g/mol. The molecule has 0 radical (unpaired) electrons. The van der Waals surface area contributed by atoms with E-state index in [4.69, 9.17) is 5.73 Å². The number of hydrogen-bond acceptors (Lipinski definition) is 5. The molecule has 2 N–H and O–H groups in total. The molecule has 0 amide bonds. The number of piperidine rings is 1. The fourth-order valence-electron chi connectivity index (χ4n) is 2.44. The molecule has 1 aromatic heterocycles. The van der Waals surface area contributed by atoms with Gasteiger partial charge in [-0.2, -0.15) is 0 Å². The molecule has 1 aliphatic rings. The van der Waals surface area contributed by atoms with Crippen LogP contribution in [0.5, 0.6) is 0 Å². The van der Waals surface area contributed by atoms with E-state index >= 15 is 0 Å². The van der Waals surface area contributed by atoms with Gasteiger partial charge < -0.3 is 5.73 Å². The van der Waals surface area contributed by atoms with Gasteiger partial charge >= 0.3 is 5.00 Å². The third kappa shape index (κ3) is 3.28. The Morgan fingerprint density at radius 3 is 2.78 bits per heavy atom. The molecule has 1 aliphatic heterocycles. The van der Waals surface area contributed by atoms with Crippen molar-refractivity contribution in [3.63, 3.8) is 0 Å². The molecule has 1 saturated heterocycles. The van der Waals surface area contributed by atoms with E-state index in [-0.39, 0.29) is 16.0 Å². The number of rotatable bonds is 4. The van der Waals surface area contributed by atoms with Gasteiger partial charge in [-0.25, -0.2) is 0 Å².